The summed E-state index contributed by atoms with van der Waals surface area (Å²) in [6, 6.07) is 3.56. The molecule has 24 heavy (non-hydrogen) atoms. The average Bonchev–Trinajstić information content (AvgIpc) is 3.40. The van der Waals surface area contributed by atoms with E-state index < -0.39 is 5.60 Å². The van der Waals surface area contributed by atoms with Gasteiger partial charge in [-0.1, -0.05) is 6.92 Å². The number of amides is 1. The lowest BCUT2D eigenvalue weighted by Crippen LogP contribution is -2.45. The fourth-order valence-corrected chi connectivity index (χ4v) is 2.54. The minimum atomic E-state index is -0.768. The van der Waals surface area contributed by atoms with Crippen LogP contribution in [0.5, 0.6) is 5.88 Å². The smallest absolute Gasteiger partial charge is 0.256 e. The van der Waals surface area contributed by atoms with Gasteiger partial charge in [-0.3, -0.25) is 4.79 Å². The topological polar surface area (TPSA) is 69.7 Å². The van der Waals surface area contributed by atoms with Crippen LogP contribution < -0.4 is 10.1 Å². The van der Waals surface area contributed by atoms with Crippen LogP contribution in [0.2, 0.25) is 0 Å². The quantitative estimate of drug-likeness (QED) is 0.665. The van der Waals surface area contributed by atoms with Crippen LogP contribution in [0.1, 0.15) is 38.8 Å². The van der Waals surface area contributed by atoms with Crippen molar-refractivity contribution in [1.29, 1.82) is 0 Å². The fourth-order valence-electron chi connectivity index (χ4n) is 2.54. The average molecular weight is 336 g/mol. The standard InChI is InChI=1S/C18H28N2O4/c1-5-10-24-18(3,14-6-7-14)17(21)20-15-8-9-16(19-13(15)2)23-12-11-22-4/h8-9,14H,5-7,10-12H2,1-4H3,(H,20,21). The Labute approximate surface area is 143 Å². The zero-order chi connectivity index (χ0) is 17.6. The summed E-state index contributed by atoms with van der Waals surface area (Å²) < 4.78 is 16.3. The Kier molecular flexibility index (Phi) is 6.57. The summed E-state index contributed by atoms with van der Waals surface area (Å²) in [6.07, 6.45) is 2.97. The Hall–Kier alpha value is -1.66. The lowest BCUT2D eigenvalue weighted by molar-refractivity contribution is -0.142. The molecule has 6 heteroatoms. The first-order valence-electron chi connectivity index (χ1n) is 8.56. The van der Waals surface area contributed by atoms with Crippen molar-refractivity contribution in [3.05, 3.63) is 17.8 Å². The predicted molar refractivity (Wildman–Crippen MR) is 92.3 cm³/mol. The number of ether oxygens (including phenoxy) is 3. The second-order valence-electron chi connectivity index (χ2n) is 6.31. The van der Waals surface area contributed by atoms with E-state index in [1.165, 1.54) is 0 Å². The van der Waals surface area contributed by atoms with Gasteiger partial charge in [-0.05, 0) is 45.1 Å². The molecule has 0 saturated heterocycles. The molecule has 134 valence electrons. The first-order chi connectivity index (χ1) is 11.5. The van der Waals surface area contributed by atoms with Gasteiger partial charge < -0.3 is 19.5 Å². The molecule has 1 aliphatic carbocycles. The summed E-state index contributed by atoms with van der Waals surface area (Å²) in [4.78, 5) is 17.1. The van der Waals surface area contributed by atoms with Crippen molar-refractivity contribution < 1.29 is 19.0 Å². The number of rotatable bonds is 10. The van der Waals surface area contributed by atoms with E-state index >= 15 is 0 Å². The van der Waals surface area contributed by atoms with Crippen molar-refractivity contribution in [2.24, 2.45) is 5.92 Å². The van der Waals surface area contributed by atoms with Crippen molar-refractivity contribution in [3.8, 4) is 5.88 Å². The van der Waals surface area contributed by atoms with Crippen molar-refractivity contribution in [2.75, 3.05) is 32.2 Å². The highest BCUT2D eigenvalue weighted by atomic mass is 16.5. The number of hydrogen-bond donors (Lipinski definition) is 1. The van der Waals surface area contributed by atoms with Crippen LogP contribution in [0.4, 0.5) is 5.69 Å². The largest absolute Gasteiger partial charge is 0.475 e. The number of methoxy groups -OCH3 is 1. The molecule has 0 radical (unpaired) electrons. The molecule has 0 bridgehead atoms. The number of carbonyl (C=O) groups is 1. The zero-order valence-corrected chi connectivity index (χ0v) is 15.1. The van der Waals surface area contributed by atoms with Crippen LogP contribution in [-0.4, -0.2) is 43.4 Å². The van der Waals surface area contributed by atoms with Gasteiger partial charge in [-0.25, -0.2) is 4.98 Å². The molecule has 0 spiro atoms. The van der Waals surface area contributed by atoms with E-state index in [1.54, 1.807) is 13.2 Å². The second kappa shape index (κ2) is 8.44. The summed E-state index contributed by atoms with van der Waals surface area (Å²) in [5.74, 6) is 0.722. The van der Waals surface area contributed by atoms with Gasteiger partial charge >= 0.3 is 0 Å². The molecule has 1 aromatic rings. The Bertz CT molecular complexity index is 560. The summed E-state index contributed by atoms with van der Waals surface area (Å²) >= 11 is 0. The maximum Gasteiger partial charge on any atom is 0.256 e. The molecular weight excluding hydrogens is 308 g/mol. The number of aryl methyl sites for hydroxylation is 1. The van der Waals surface area contributed by atoms with E-state index in [0.29, 0.717) is 43.0 Å². The van der Waals surface area contributed by atoms with Crippen molar-refractivity contribution in [2.45, 2.75) is 45.6 Å². The van der Waals surface area contributed by atoms with Gasteiger partial charge in [-0.15, -0.1) is 0 Å². The molecule has 2 rings (SSSR count). The van der Waals surface area contributed by atoms with E-state index in [2.05, 4.69) is 10.3 Å². The van der Waals surface area contributed by atoms with E-state index in [1.807, 2.05) is 26.8 Å². The van der Waals surface area contributed by atoms with Gasteiger partial charge in [0.1, 0.15) is 12.2 Å². The van der Waals surface area contributed by atoms with Gasteiger partial charge in [0.15, 0.2) is 0 Å². The molecule has 1 saturated carbocycles. The minimum Gasteiger partial charge on any atom is -0.475 e. The molecule has 1 fully saturated rings. The predicted octanol–water partition coefficient (Wildman–Crippen LogP) is 2.95. The number of nitrogens with zero attached hydrogens (tertiary/aromatic N) is 1. The van der Waals surface area contributed by atoms with Crippen LogP contribution in [0.25, 0.3) is 0 Å². The molecule has 1 aliphatic rings. The maximum absolute atomic E-state index is 12.8. The Morgan fingerprint density at radius 1 is 1.33 bits per heavy atom. The normalized spacial score (nSPS) is 16.5. The van der Waals surface area contributed by atoms with Gasteiger partial charge in [-0.2, -0.15) is 0 Å². The van der Waals surface area contributed by atoms with Crippen molar-refractivity contribution in [3.63, 3.8) is 0 Å². The highest BCUT2D eigenvalue weighted by molar-refractivity contribution is 5.98. The van der Waals surface area contributed by atoms with E-state index in [0.717, 1.165) is 19.3 Å². The molecule has 1 aromatic heterocycles. The van der Waals surface area contributed by atoms with Crippen LogP contribution in [-0.2, 0) is 14.3 Å². The SMILES string of the molecule is CCCOC(C)(C(=O)Nc1ccc(OCCOC)nc1C)C1CC1. The minimum absolute atomic E-state index is 0.101. The summed E-state index contributed by atoms with van der Waals surface area (Å²) in [6.45, 7) is 7.32. The number of hydrogen-bond acceptors (Lipinski definition) is 5. The van der Waals surface area contributed by atoms with Crippen LogP contribution >= 0.6 is 0 Å². The highest BCUT2D eigenvalue weighted by Gasteiger charge is 2.48. The van der Waals surface area contributed by atoms with Gasteiger partial charge in [0.25, 0.3) is 5.91 Å². The molecule has 1 heterocycles. The number of anilines is 1. The summed E-state index contributed by atoms with van der Waals surface area (Å²) in [5.41, 5.74) is 0.633. The number of carbonyl (C=O) groups excluding carboxylic acids is 1. The van der Waals surface area contributed by atoms with Crippen molar-refractivity contribution >= 4 is 11.6 Å². The lowest BCUT2D eigenvalue weighted by Gasteiger charge is -2.29. The van der Waals surface area contributed by atoms with E-state index in [4.69, 9.17) is 14.2 Å². The van der Waals surface area contributed by atoms with Crippen LogP contribution in [0, 0.1) is 12.8 Å². The molecule has 1 amide bonds. The Balaban J connectivity index is 2.02. The van der Waals surface area contributed by atoms with Gasteiger partial charge in [0.2, 0.25) is 5.88 Å². The molecule has 0 aliphatic heterocycles. The molecule has 1 N–H and O–H groups in total. The maximum atomic E-state index is 12.8. The summed E-state index contributed by atoms with van der Waals surface area (Å²) in [5, 5.41) is 2.97. The van der Waals surface area contributed by atoms with Gasteiger partial charge in [0, 0.05) is 19.8 Å². The third kappa shape index (κ3) is 4.68. The number of pyridine rings is 1. The van der Waals surface area contributed by atoms with Crippen LogP contribution in [0.15, 0.2) is 12.1 Å². The van der Waals surface area contributed by atoms with Crippen molar-refractivity contribution in [1.82, 2.24) is 4.98 Å². The Morgan fingerprint density at radius 3 is 2.67 bits per heavy atom. The molecule has 1 atom stereocenters. The van der Waals surface area contributed by atoms with Gasteiger partial charge in [0.05, 0.1) is 18.0 Å². The fraction of sp³-hybridized carbons (Fsp3) is 0.667. The number of aromatic nitrogens is 1. The molecular formula is C18H28N2O4. The monoisotopic (exact) mass is 336 g/mol. The second-order valence-corrected chi connectivity index (χ2v) is 6.31. The molecule has 0 aromatic carbocycles. The number of nitrogens with one attached hydrogen (secondary N) is 1. The molecule has 1 unspecified atom stereocenters. The first-order valence-corrected chi connectivity index (χ1v) is 8.56. The third-order valence-electron chi connectivity index (χ3n) is 4.26. The first kappa shape index (κ1) is 18.7. The third-order valence-corrected chi connectivity index (χ3v) is 4.26. The lowest BCUT2D eigenvalue weighted by atomic mass is 9.98. The molecule has 6 nitrogen and oxygen atoms in total. The van der Waals surface area contributed by atoms with E-state index in [9.17, 15) is 4.79 Å². The van der Waals surface area contributed by atoms with Crippen LogP contribution in [0.3, 0.4) is 0 Å². The zero-order valence-electron chi connectivity index (χ0n) is 15.1. The summed E-state index contributed by atoms with van der Waals surface area (Å²) in [7, 11) is 1.62. The Morgan fingerprint density at radius 2 is 2.08 bits per heavy atom. The van der Waals surface area contributed by atoms with E-state index in [-0.39, 0.29) is 5.91 Å². The highest BCUT2D eigenvalue weighted by Crippen LogP contribution is 2.42.